The standard InChI is InChI=1S/C29H55N5O6Si3/c1-27(2,3)41(10,11)37-17-18-21(39-42(12,13)28(4,5)6)22(40-43(14,15)29(7,8)9)25(38-18)34-19(16-35)31-20-23(34)32-26(30)33-24(20)36/h16,18,21-22,25H,17H2,1-15H3,(H3,30,32,33,36)/t18-,21-,22-,25-/m1/s1. The second-order valence-corrected chi connectivity index (χ2v) is 30.7. The van der Waals surface area contributed by atoms with Crippen LogP contribution < -0.4 is 11.3 Å². The van der Waals surface area contributed by atoms with Gasteiger partial charge in [-0.15, -0.1) is 0 Å². The lowest BCUT2D eigenvalue weighted by atomic mass is 10.1. The highest BCUT2D eigenvalue weighted by Crippen LogP contribution is 2.47. The average Bonchev–Trinajstić information content (AvgIpc) is 3.33. The zero-order valence-corrected chi connectivity index (χ0v) is 32.0. The zero-order chi connectivity index (χ0) is 33.1. The van der Waals surface area contributed by atoms with Gasteiger partial charge in [0.15, 0.2) is 54.5 Å². The number of carbonyl (C=O) groups excluding carboxylic acids is 1. The normalized spacial score (nSPS) is 22.9. The van der Waals surface area contributed by atoms with E-state index in [0.717, 1.165) is 0 Å². The van der Waals surface area contributed by atoms with E-state index >= 15 is 0 Å². The molecule has 1 aliphatic rings. The number of rotatable bonds is 9. The van der Waals surface area contributed by atoms with Gasteiger partial charge in [-0.2, -0.15) is 4.98 Å². The van der Waals surface area contributed by atoms with Gasteiger partial charge in [-0.1, -0.05) is 62.3 Å². The summed E-state index contributed by atoms with van der Waals surface area (Å²) >= 11 is 0. The summed E-state index contributed by atoms with van der Waals surface area (Å²) in [6, 6.07) is 0. The number of aldehydes is 1. The molecule has 3 rings (SSSR count). The maximum atomic E-state index is 12.8. The van der Waals surface area contributed by atoms with Crippen molar-refractivity contribution in [3.05, 3.63) is 16.2 Å². The Bertz CT molecular complexity index is 1380. The van der Waals surface area contributed by atoms with Gasteiger partial charge in [-0.3, -0.25) is 19.1 Å². The maximum Gasteiger partial charge on any atom is 0.280 e. The zero-order valence-electron chi connectivity index (χ0n) is 29.0. The number of nitrogens with two attached hydrogens (primary N) is 1. The quantitative estimate of drug-likeness (QED) is 0.238. The largest absolute Gasteiger partial charge is 0.414 e. The van der Waals surface area contributed by atoms with Crippen molar-refractivity contribution in [2.24, 2.45) is 0 Å². The second-order valence-electron chi connectivity index (χ2n) is 16.4. The van der Waals surface area contributed by atoms with Crippen LogP contribution in [0.1, 0.15) is 79.2 Å². The minimum absolute atomic E-state index is 0.00414. The molecule has 0 unspecified atom stereocenters. The molecular formula is C29H55N5O6Si3. The van der Waals surface area contributed by atoms with Crippen molar-refractivity contribution in [2.75, 3.05) is 12.3 Å². The number of nitrogens with one attached hydrogen (secondary N) is 1. The summed E-state index contributed by atoms with van der Waals surface area (Å²) in [7, 11) is -6.97. The molecule has 0 amide bonds. The molecule has 2 aromatic heterocycles. The maximum absolute atomic E-state index is 12.8. The van der Waals surface area contributed by atoms with Crippen molar-refractivity contribution >= 4 is 48.4 Å². The summed E-state index contributed by atoms with van der Waals surface area (Å²) in [6.07, 6.45) is -1.93. The summed E-state index contributed by atoms with van der Waals surface area (Å²) < 4.78 is 29.5. The van der Waals surface area contributed by atoms with Crippen LogP contribution in [0.15, 0.2) is 4.79 Å². The highest BCUT2D eigenvalue weighted by Gasteiger charge is 2.55. The molecule has 3 heterocycles. The lowest BCUT2D eigenvalue weighted by Gasteiger charge is -2.44. The third kappa shape index (κ3) is 7.10. The Hall–Kier alpha value is -1.69. The smallest absolute Gasteiger partial charge is 0.280 e. The number of carbonyl (C=O) groups is 1. The van der Waals surface area contributed by atoms with Crippen LogP contribution in [0.5, 0.6) is 0 Å². The Morgan fingerprint density at radius 1 is 0.860 bits per heavy atom. The molecule has 14 heteroatoms. The van der Waals surface area contributed by atoms with Crippen LogP contribution in [0, 0.1) is 0 Å². The number of hydrogen-bond acceptors (Lipinski definition) is 9. The van der Waals surface area contributed by atoms with Crippen LogP contribution in [0.2, 0.25) is 54.4 Å². The van der Waals surface area contributed by atoms with Gasteiger partial charge in [0.2, 0.25) is 5.95 Å². The van der Waals surface area contributed by atoms with E-state index in [1.807, 2.05) is 0 Å². The predicted molar refractivity (Wildman–Crippen MR) is 179 cm³/mol. The van der Waals surface area contributed by atoms with Gasteiger partial charge in [0, 0.05) is 0 Å². The molecular weight excluding hydrogens is 599 g/mol. The number of imidazole rings is 1. The minimum Gasteiger partial charge on any atom is -0.414 e. The van der Waals surface area contributed by atoms with Crippen molar-refractivity contribution in [1.82, 2.24) is 19.5 Å². The highest BCUT2D eigenvalue weighted by atomic mass is 28.4. The Morgan fingerprint density at radius 3 is 1.81 bits per heavy atom. The van der Waals surface area contributed by atoms with Crippen LogP contribution in [-0.4, -0.2) is 75.7 Å². The molecule has 0 aromatic carbocycles. The first-order valence-electron chi connectivity index (χ1n) is 15.1. The monoisotopic (exact) mass is 653 g/mol. The SMILES string of the molecule is CC(C)(C)[Si](C)(C)OC[C@H]1O[C@@H](n2c(C=O)nc3c(=O)[nH]c(N)nc32)[C@H](O[Si](C)(C)C(C)(C)C)[C@@H]1O[Si](C)(C)C(C)(C)C. The van der Waals surface area contributed by atoms with Gasteiger partial charge < -0.3 is 23.7 Å². The number of nitrogens with zero attached hydrogens (tertiary/aromatic N) is 3. The first-order valence-corrected chi connectivity index (χ1v) is 23.8. The Morgan fingerprint density at radius 2 is 1.35 bits per heavy atom. The first-order chi connectivity index (χ1) is 19.2. The van der Waals surface area contributed by atoms with Crippen molar-refractivity contribution in [1.29, 1.82) is 0 Å². The number of H-pyrrole nitrogens is 1. The molecule has 3 N–H and O–H groups in total. The van der Waals surface area contributed by atoms with E-state index in [9.17, 15) is 9.59 Å². The van der Waals surface area contributed by atoms with E-state index in [-0.39, 0.29) is 38.1 Å². The van der Waals surface area contributed by atoms with Crippen molar-refractivity contribution < 1.29 is 22.8 Å². The summed E-state index contributed by atoms with van der Waals surface area (Å²) in [5.74, 6) is -0.0766. The van der Waals surface area contributed by atoms with E-state index in [1.165, 1.54) is 0 Å². The van der Waals surface area contributed by atoms with E-state index in [4.69, 9.17) is 23.7 Å². The Kier molecular flexibility index (Phi) is 9.65. The van der Waals surface area contributed by atoms with Gasteiger partial charge in [0.05, 0.1) is 6.61 Å². The molecule has 0 spiro atoms. The number of ether oxygens (including phenoxy) is 1. The number of anilines is 1. The summed E-state index contributed by atoms with van der Waals surface area (Å²) in [4.78, 5) is 36.4. The van der Waals surface area contributed by atoms with Gasteiger partial charge in [0.1, 0.15) is 18.3 Å². The summed E-state index contributed by atoms with van der Waals surface area (Å²) in [5.41, 5.74) is 5.60. The lowest BCUT2D eigenvalue weighted by molar-refractivity contribution is -0.0475. The molecule has 0 saturated carbocycles. The highest BCUT2D eigenvalue weighted by molar-refractivity contribution is 6.75. The van der Waals surface area contributed by atoms with Gasteiger partial charge in [-0.05, 0) is 54.4 Å². The third-order valence-electron chi connectivity index (χ3n) is 10.1. The molecule has 0 aliphatic carbocycles. The molecule has 0 bridgehead atoms. The number of aromatic amines is 1. The van der Waals surface area contributed by atoms with Crippen LogP contribution in [-0.2, 0) is 18.0 Å². The molecule has 2 aromatic rings. The molecule has 11 nitrogen and oxygen atoms in total. The fraction of sp³-hybridized carbons (Fsp3) is 0.793. The fourth-order valence-corrected chi connectivity index (χ4v) is 7.83. The molecule has 244 valence electrons. The number of aromatic nitrogens is 4. The van der Waals surface area contributed by atoms with Crippen molar-refractivity contribution in [3.8, 4) is 0 Å². The van der Waals surface area contributed by atoms with Gasteiger partial charge in [-0.25, -0.2) is 4.98 Å². The van der Waals surface area contributed by atoms with E-state index in [1.54, 1.807) is 4.57 Å². The molecule has 0 radical (unpaired) electrons. The molecule has 1 saturated heterocycles. The lowest BCUT2D eigenvalue weighted by Crippen LogP contribution is -2.54. The topological polar surface area (TPSA) is 144 Å². The van der Waals surface area contributed by atoms with E-state index < -0.39 is 55.1 Å². The second kappa shape index (κ2) is 11.6. The van der Waals surface area contributed by atoms with Crippen LogP contribution in [0.3, 0.4) is 0 Å². The summed E-state index contributed by atoms with van der Waals surface area (Å²) in [5, 5.41) is -0.221. The minimum atomic E-state index is -2.44. The van der Waals surface area contributed by atoms with Gasteiger partial charge >= 0.3 is 0 Å². The van der Waals surface area contributed by atoms with Crippen LogP contribution >= 0.6 is 0 Å². The predicted octanol–water partition coefficient (Wildman–Crippen LogP) is 6.21. The van der Waals surface area contributed by atoms with Crippen molar-refractivity contribution in [2.45, 2.75) is 141 Å². The van der Waals surface area contributed by atoms with Crippen molar-refractivity contribution in [3.63, 3.8) is 0 Å². The molecule has 43 heavy (non-hydrogen) atoms. The molecule has 1 fully saturated rings. The Labute approximate surface area is 260 Å². The Balaban J connectivity index is 2.27. The molecule has 4 atom stereocenters. The number of fused-ring (bicyclic) bond motifs is 1. The third-order valence-corrected chi connectivity index (χ3v) is 23.6. The number of hydrogen-bond donors (Lipinski definition) is 2. The number of nitrogen functional groups attached to an aromatic ring is 1. The first kappa shape index (κ1) is 35.8. The van der Waals surface area contributed by atoms with Crippen LogP contribution in [0.25, 0.3) is 11.2 Å². The van der Waals surface area contributed by atoms with Gasteiger partial charge in [0.25, 0.3) is 5.56 Å². The average molecular weight is 654 g/mol. The van der Waals surface area contributed by atoms with E-state index in [0.29, 0.717) is 12.9 Å². The fourth-order valence-electron chi connectivity index (χ4n) is 4.21. The van der Waals surface area contributed by atoms with Crippen LogP contribution in [0.4, 0.5) is 5.95 Å². The van der Waals surface area contributed by atoms with E-state index in [2.05, 4.69) is 117 Å². The summed E-state index contributed by atoms with van der Waals surface area (Å²) in [6.45, 7) is 33.2. The molecule has 1 aliphatic heterocycles.